The van der Waals surface area contributed by atoms with Crippen molar-refractivity contribution in [3.05, 3.63) is 95.4 Å². The number of carbonyl (C=O) groups excluding carboxylic acids is 5. The zero-order valence-corrected chi connectivity index (χ0v) is 30.1. The standard InChI is InChI=1S/C38H43F2N7O7/c1-22(2)33-36(50)41-12-14-54-26-10-8-23(9-11-26)16-30(44-37(51)34-28(40)18-25(39)20-43-34)35(49)45-31(17-24-19-42-29-7-5-4-6-27(24)29)38(52)47(13-15-53-3)21-32(48)46-33/h4-11,18-20,22,30-31,33,42H,12-17,21H2,1-3H3,(H,41,50)(H,44,51)(H,45,49)(H,46,48)/t30-,31-,33-/m0/s1. The number of rotatable bonds is 8. The van der Waals surface area contributed by atoms with E-state index in [1.807, 2.05) is 24.3 Å². The van der Waals surface area contributed by atoms with Gasteiger partial charge in [-0.05, 0) is 35.2 Å². The lowest BCUT2D eigenvalue weighted by molar-refractivity contribution is -0.141. The highest BCUT2D eigenvalue weighted by Crippen LogP contribution is 2.21. The van der Waals surface area contributed by atoms with Gasteiger partial charge in [-0.1, -0.05) is 44.2 Å². The number of fused-ring (bicyclic) bond motifs is 18. The van der Waals surface area contributed by atoms with E-state index in [1.165, 1.54) is 12.0 Å². The number of ether oxygens (including phenoxy) is 2. The normalized spacial score (nSPS) is 19.2. The Kier molecular flexibility index (Phi) is 13.3. The molecule has 6 rings (SSSR count). The minimum Gasteiger partial charge on any atom is -0.492 e. The van der Waals surface area contributed by atoms with Crippen LogP contribution < -0.4 is 26.0 Å². The summed E-state index contributed by atoms with van der Waals surface area (Å²) in [6.45, 7) is 3.33. The number of hydrogen-bond acceptors (Lipinski definition) is 8. The average molecular weight is 748 g/mol. The van der Waals surface area contributed by atoms with Gasteiger partial charge >= 0.3 is 0 Å². The number of amides is 5. The van der Waals surface area contributed by atoms with Crippen LogP contribution in [0, 0.1) is 17.6 Å². The molecule has 0 saturated heterocycles. The molecule has 2 aliphatic rings. The van der Waals surface area contributed by atoms with E-state index in [2.05, 4.69) is 31.2 Å². The molecule has 4 heterocycles. The summed E-state index contributed by atoms with van der Waals surface area (Å²) in [5.41, 5.74) is 1.31. The van der Waals surface area contributed by atoms with Crippen LogP contribution >= 0.6 is 0 Å². The lowest BCUT2D eigenvalue weighted by Gasteiger charge is -2.30. The highest BCUT2D eigenvalue weighted by atomic mass is 19.1. The first-order valence-corrected chi connectivity index (χ1v) is 17.5. The Morgan fingerprint density at radius 1 is 1.06 bits per heavy atom. The summed E-state index contributed by atoms with van der Waals surface area (Å²) in [5.74, 6) is -5.62. The van der Waals surface area contributed by atoms with Gasteiger partial charge in [-0.15, -0.1) is 0 Å². The molecule has 2 aliphatic heterocycles. The van der Waals surface area contributed by atoms with Crippen LogP contribution in [0.5, 0.6) is 5.75 Å². The topological polar surface area (TPSA) is 184 Å². The van der Waals surface area contributed by atoms with Crippen molar-refractivity contribution in [2.45, 2.75) is 44.8 Å². The van der Waals surface area contributed by atoms with Crippen molar-refractivity contribution in [1.29, 1.82) is 0 Å². The predicted molar refractivity (Wildman–Crippen MR) is 193 cm³/mol. The van der Waals surface area contributed by atoms with Crippen molar-refractivity contribution in [2.75, 3.05) is 40.0 Å². The van der Waals surface area contributed by atoms with Gasteiger partial charge in [0.15, 0.2) is 11.5 Å². The van der Waals surface area contributed by atoms with E-state index in [0.717, 1.165) is 10.9 Å². The number of halogens is 2. The van der Waals surface area contributed by atoms with Crippen LogP contribution in [0.2, 0.25) is 0 Å². The highest BCUT2D eigenvalue weighted by Gasteiger charge is 2.33. The van der Waals surface area contributed by atoms with Crippen molar-refractivity contribution in [2.24, 2.45) is 5.92 Å². The van der Waals surface area contributed by atoms with Gasteiger partial charge in [0.2, 0.25) is 23.6 Å². The lowest BCUT2D eigenvalue weighted by atomic mass is 10.0. The number of aromatic nitrogens is 2. The Morgan fingerprint density at radius 3 is 2.54 bits per heavy atom. The number of H-pyrrole nitrogens is 1. The van der Waals surface area contributed by atoms with Crippen LogP contribution in [0.1, 0.15) is 35.5 Å². The van der Waals surface area contributed by atoms with E-state index in [-0.39, 0.29) is 45.1 Å². The number of carbonyl (C=O) groups is 5. The van der Waals surface area contributed by atoms with Gasteiger partial charge in [-0.2, -0.15) is 0 Å². The van der Waals surface area contributed by atoms with Gasteiger partial charge in [-0.25, -0.2) is 13.8 Å². The molecule has 54 heavy (non-hydrogen) atoms. The van der Waals surface area contributed by atoms with E-state index < -0.39 is 71.5 Å². The van der Waals surface area contributed by atoms with Crippen molar-refractivity contribution >= 4 is 40.4 Å². The van der Waals surface area contributed by atoms with E-state index in [1.54, 1.807) is 44.3 Å². The summed E-state index contributed by atoms with van der Waals surface area (Å²) in [4.78, 5) is 76.5. The Morgan fingerprint density at radius 2 is 1.81 bits per heavy atom. The van der Waals surface area contributed by atoms with Gasteiger partial charge in [0.05, 0.1) is 25.9 Å². The lowest BCUT2D eigenvalue weighted by Crippen LogP contribution is -2.58. The van der Waals surface area contributed by atoms with Gasteiger partial charge in [0.25, 0.3) is 5.91 Å². The van der Waals surface area contributed by atoms with Crippen LogP contribution in [0.15, 0.2) is 67.0 Å². The molecule has 2 bridgehead atoms. The summed E-state index contributed by atoms with van der Waals surface area (Å²) < 4.78 is 39.2. The third kappa shape index (κ3) is 10.2. The molecule has 5 N–H and O–H groups in total. The monoisotopic (exact) mass is 747 g/mol. The number of aromatic amines is 1. The Labute approximate surface area is 310 Å². The second-order valence-electron chi connectivity index (χ2n) is 13.2. The van der Waals surface area contributed by atoms with Crippen molar-refractivity contribution in [3.8, 4) is 5.75 Å². The molecule has 0 aliphatic carbocycles. The average Bonchev–Trinajstić information content (AvgIpc) is 3.55. The van der Waals surface area contributed by atoms with Crippen LogP contribution in [-0.2, 0) is 36.8 Å². The summed E-state index contributed by atoms with van der Waals surface area (Å²) in [6, 6.07) is 10.9. The third-order valence-electron chi connectivity index (χ3n) is 8.87. The molecule has 0 saturated carbocycles. The Hall–Kier alpha value is -5.90. The number of nitrogens with one attached hydrogen (secondary N) is 5. The quantitative estimate of drug-likeness (QED) is 0.170. The predicted octanol–water partition coefficient (Wildman–Crippen LogP) is 2.03. The second kappa shape index (κ2) is 18.2. The summed E-state index contributed by atoms with van der Waals surface area (Å²) in [7, 11) is 1.43. The van der Waals surface area contributed by atoms with Crippen LogP contribution in [0.4, 0.5) is 8.78 Å². The van der Waals surface area contributed by atoms with E-state index >= 15 is 0 Å². The first-order chi connectivity index (χ1) is 25.9. The van der Waals surface area contributed by atoms with Crippen molar-refractivity contribution in [3.63, 3.8) is 0 Å². The molecule has 0 fully saturated rings. The zero-order chi connectivity index (χ0) is 38.8. The van der Waals surface area contributed by atoms with Gasteiger partial charge < -0.3 is 40.6 Å². The fourth-order valence-corrected chi connectivity index (χ4v) is 6.04. The summed E-state index contributed by atoms with van der Waals surface area (Å²) in [6.07, 6.45) is 2.25. The molecule has 286 valence electrons. The largest absolute Gasteiger partial charge is 0.492 e. The number of benzene rings is 2. The van der Waals surface area contributed by atoms with Crippen molar-refractivity contribution in [1.82, 2.24) is 36.1 Å². The first-order valence-electron chi connectivity index (χ1n) is 17.5. The summed E-state index contributed by atoms with van der Waals surface area (Å²) >= 11 is 0. The number of methoxy groups -OCH3 is 1. The molecule has 5 amide bonds. The molecule has 0 radical (unpaired) electrons. The van der Waals surface area contributed by atoms with E-state index in [4.69, 9.17) is 9.47 Å². The highest BCUT2D eigenvalue weighted by molar-refractivity contribution is 5.98. The number of hydrogen-bond donors (Lipinski definition) is 5. The molecule has 2 aromatic heterocycles. The van der Waals surface area contributed by atoms with Crippen molar-refractivity contribution < 1.29 is 42.2 Å². The first kappa shape index (κ1) is 39.3. The molecule has 3 atom stereocenters. The SMILES string of the molecule is COCCN1CC(=O)N[C@@H](C(C)C)C(=O)NCCOc2ccc(cc2)C[C@H](NC(=O)c2ncc(F)cc2F)C(=O)N[C@@H](Cc2c[nH]c3ccccc23)C1=O. The second-order valence-corrected chi connectivity index (χ2v) is 13.2. The van der Waals surface area contributed by atoms with E-state index in [0.29, 0.717) is 29.1 Å². The fourth-order valence-electron chi connectivity index (χ4n) is 6.04. The molecular formula is C38H43F2N7O7. The third-order valence-corrected chi connectivity index (χ3v) is 8.87. The van der Waals surface area contributed by atoms with Gasteiger partial charge in [-0.3, -0.25) is 24.0 Å². The van der Waals surface area contributed by atoms with Crippen LogP contribution in [0.25, 0.3) is 10.9 Å². The number of para-hydroxylation sites is 1. The molecule has 16 heteroatoms. The maximum atomic E-state index is 14.6. The molecule has 2 aromatic carbocycles. The fraction of sp³-hybridized carbons (Fsp3) is 0.368. The number of nitrogens with zero attached hydrogens (tertiary/aromatic N) is 2. The number of pyridine rings is 1. The molecular weight excluding hydrogens is 704 g/mol. The molecule has 0 unspecified atom stereocenters. The van der Waals surface area contributed by atoms with E-state index in [9.17, 15) is 32.8 Å². The Balaban J connectivity index is 1.53. The molecule has 14 nitrogen and oxygen atoms in total. The van der Waals surface area contributed by atoms with Gasteiger partial charge in [0.1, 0.15) is 36.3 Å². The minimum atomic E-state index is -1.38. The summed E-state index contributed by atoms with van der Waals surface area (Å²) in [5, 5.41) is 11.6. The maximum absolute atomic E-state index is 14.6. The maximum Gasteiger partial charge on any atom is 0.273 e. The molecule has 4 aromatic rings. The zero-order valence-electron chi connectivity index (χ0n) is 30.1. The smallest absolute Gasteiger partial charge is 0.273 e. The molecule has 0 spiro atoms. The van der Waals surface area contributed by atoms with Crippen LogP contribution in [-0.4, -0.2) is 102 Å². The minimum absolute atomic E-state index is 0.0302. The Bertz CT molecular complexity index is 1970. The van der Waals surface area contributed by atoms with Crippen LogP contribution in [0.3, 0.4) is 0 Å². The van der Waals surface area contributed by atoms with Gasteiger partial charge in [0, 0.05) is 49.7 Å².